The summed E-state index contributed by atoms with van der Waals surface area (Å²) in [6.07, 6.45) is -8.31. The number of carbonyl (C=O) groups is 3. The Labute approximate surface area is 267 Å². The maximum Gasteiger partial charge on any atom is 0.416 e. The Morgan fingerprint density at radius 1 is 0.851 bits per heavy atom. The fourth-order valence-electron chi connectivity index (χ4n) is 6.12. The summed E-state index contributed by atoms with van der Waals surface area (Å²) in [5.74, 6) is -2.18. The number of urea groups is 1. The molecule has 0 unspecified atom stereocenters. The van der Waals surface area contributed by atoms with Gasteiger partial charge in [0.1, 0.15) is 11.4 Å². The largest absolute Gasteiger partial charge is 0.416 e. The minimum atomic E-state index is -5.11. The van der Waals surface area contributed by atoms with Crippen LogP contribution in [0.25, 0.3) is 0 Å². The first-order valence-corrected chi connectivity index (χ1v) is 15.0. The molecular weight excluding hydrogens is 637 g/mol. The number of hydrogen-bond donors (Lipinski definition) is 2. The molecule has 4 amide bonds. The van der Waals surface area contributed by atoms with Gasteiger partial charge in [-0.15, -0.1) is 0 Å². The summed E-state index contributed by atoms with van der Waals surface area (Å²) < 4.78 is 94.7. The highest BCUT2D eigenvalue weighted by Gasteiger charge is 2.44. The van der Waals surface area contributed by atoms with Gasteiger partial charge in [-0.3, -0.25) is 14.5 Å². The predicted molar refractivity (Wildman–Crippen MR) is 158 cm³/mol. The SMILES string of the molecule is CN(C(=O)N(C)[C@@H]1CN(C(=O)[C@H]2CC[C@H](NC(=O)C(C)(C)O)CC2)C[C@H]1c1ccc(F)cc1)c1cc(C(F)(F)F)cc(C(F)(F)F)c1. The number of likely N-dealkylation sites (tertiary alicyclic amines) is 1. The summed E-state index contributed by atoms with van der Waals surface area (Å²) >= 11 is 0. The number of benzene rings is 2. The van der Waals surface area contributed by atoms with Gasteiger partial charge >= 0.3 is 18.4 Å². The van der Waals surface area contributed by atoms with Crippen LogP contribution >= 0.6 is 0 Å². The normalized spacial score (nSPS) is 22.2. The standard InChI is InChI=1S/C32H37F7N4O4/c1-30(2,47)28(45)40-23-11-7-19(8-12-23)27(44)43-16-25(18-5-9-22(33)10-6-18)26(17-43)42(4)29(46)41(3)24-14-20(31(34,35)36)13-21(15-24)32(37,38)39/h5-6,9-10,13-15,19,23,25-26,47H,7-8,11-12,16-17H2,1-4H3,(H,40,45)/t19-,23-,25-,26+/m0/s1. The molecule has 2 aromatic rings. The van der Waals surface area contributed by atoms with Crippen molar-refractivity contribution >= 4 is 23.5 Å². The minimum Gasteiger partial charge on any atom is -0.381 e. The Morgan fingerprint density at radius 2 is 1.38 bits per heavy atom. The van der Waals surface area contributed by atoms with E-state index in [0.717, 1.165) is 7.05 Å². The molecule has 15 heteroatoms. The molecule has 0 radical (unpaired) electrons. The fraction of sp³-hybridized carbons (Fsp3) is 0.531. The Bertz CT molecular complexity index is 1430. The van der Waals surface area contributed by atoms with Crippen LogP contribution in [0.5, 0.6) is 0 Å². The van der Waals surface area contributed by atoms with Crippen LogP contribution in [0.15, 0.2) is 42.5 Å². The molecule has 4 rings (SSSR count). The van der Waals surface area contributed by atoms with Gasteiger partial charge in [0.05, 0.1) is 17.2 Å². The van der Waals surface area contributed by atoms with Crippen LogP contribution in [0.1, 0.15) is 62.1 Å². The van der Waals surface area contributed by atoms with Gasteiger partial charge in [-0.2, -0.15) is 26.3 Å². The van der Waals surface area contributed by atoms with Crippen LogP contribution in [-0.2, 0) is 21.9 Å². The number of hydrogen-bond acceptors (Lipinski definition) is 4. The lowest BCUT2D eigenvalue weighted by molar-refractivity contribution is -0.143. The van der Waals surface area contributed by atoms with Crippen LogP contribution in [-0.4, -0.2) is 77.6 Å². The molecule has 258 valence electrons. The zero-order valence-corrected chi connectivity index (χ0v) is 26.3. The van der Waals surface area contributed by atoms with Crippen molar-refractivity contribution in [2.24, 2.45) is 5.92 Å². The topological polar surface area (TPSA) is 93.2 Å². The third kappa shape index (κ3) is 8.35. The predicted octanol–water partition coefficient (Wildman–Crippen LogP) is 5.79. The number of amides is 4. The number of anilines is 1. The molecule has 2 atom stereocenters. The molecule has 0 spiro atoms. The molecule has 0 aromatic heterocycles. The van der Waals surface area contributed by atoms with Crippen LogP contribution in [0.3, 0.4) is 0 Å². The molecule has 1 heterocycles. The van der Waals surface area contributed by atoms with Crippen molar-refractivity contribution in [3.63, 3.8) is 0 Å². The van der Waals surface area contributed by atoms with Crippen molar-refractivity contribution in [3.8, 4) is 0 Å². The smallest absolute Gasteiger partial charge is 0.381 e. The van der Waals surface area contributed by atoms with E-state index in [9.17, 15) is 50.2 Å². The van der Waals surface area contributed by atoms with E-state index in [1.807, 2.05) is 0 Å². The maximum absolute atomic E-state index is 13.8. The molecule has 2 aromatic carbocycles. The number of nitrogens with one attached hydrogen (secondary N) is 1. The third-order valence-electron chi connectivity index (χ3n) is 8.91. The molecular formula is C32H37F7N4O4. The van der Waals surface area contributed by atoms with E-state index in [0.29, 0.717) is 48.3 Å². The first-order valence-electron chi connectivity index (χ1n) is 15.0. The third-order valence-corrected chi connectivity index (χ3v) is 8.91. The van der Waals surface area contributed by atoms with Crippen molar-refractivity contribution in [3.05, 3.63) is 65.0 Å². The second-order valence-electron chi connectivity index (χ2n) is 12.8. The van der Waals surface area contributed by atoms with Gasteiger partial charge in [0.25, 0.3) is 5.91 Å². The Kier molecular flexibility index (Phi) is 10.2. The van der Waals surface area contributed by atoms with E-state index in [4.69, 9.17) is 0 Å². The van der Waals surface area contributed by atoms with E-state index in [2.05, 4.69) is 5.32 Å². The number of aliphatic hydroxyl groups is 1. The fourth-order valence-corrected chi connectivity index (χ4v) is 6.12. The molecule has 8 nitrogen and oxygen atoms in total. The van der Waals surface area contributed by atoms with Gasteiger partial charge in [0.15, 0.2) is 0 Å². The van der Waals surface area contributed by atoms with Crippen molar-refractivity contribution in [1.82, 2.24) is 15.1 Å². The van der Waals surface area contributed by atoms with E-state index < -0.39 is 70.4 Å². The molecule has 1 aliphatic heterocycles. The summed E-state index contributed by atoms with van der Waals surface area (Å²) in [6.45, 7) is 2.89. The molecule has 2 fully saturated rings. The van der Waals surface area contributed by atoms with Crippen LogP contribution in [0.2, 0.25) is 0 Å². The van der Waals surface area contributed by atoms with Gasteiger partial charge in [-0.25, -0.2) is 9.18 Å². The van der Waals surface area contributed by atoms with Crippen molar-refractivity contribution in [1.29, 1.82) is 0 Å². The van der Waals surface area contributed by atoms with Crippen molar-refractivity contribution < 1.29 is 50.2 Å². The maximum atomic E-state index is 13.8. The van der Waals surface area contributed by atoms with Gasteiger partial charge < -0.3 is 20.2 Å². The first kappa shape index (κ1) is 36.0. The molecule has 1 saturated carbocycles. The summed E-state index contributed by atoms with van der Waals surface area (Å²) in [7, 11) is 2.41. The van der Waals surface area contributed by atoms with Gasteiger partial charge in [-0.1, -0.05) is 12.1 Å². The Morgan fingerprint density at radius 3 is 1.87 bits per heavy atom. The van der Waals surface area contributed by atoms with Gasteiger partial charge in [0, 0.05) is 50.7 Å². The number of alkyl halides is 6. The average molecular weight is 675 g/mol. The highest BCUT2D eigenvalue weighted by atomic mass is 19.4. The van der Waals surface area contributed by atoms with E-state index in [-0.39, 0.29) is 31.1 Å². The molecule has 1 aliphatic carbocycles. The van der Waals surface area contributed by atoms with E-state index >= 15 is 0 Å². The zero-order chi connectivity index (χ0) is 35.1. The molecule has 2 N–H and O–H groups in total. The van der Waals surface area contributed by atoms with Crippen LogP contribution in [0, 0.1) is 11.7 Å². The molecule has 2 aliphatic rings. The van der Waals surface area contributed by atoms with Gasteiger partial charge in [0.2, 0.25) is 5.91 Å². The summed E-state index contributed by atoms with van der Waals surface area (Å²) in [5.41, 5.74) is -4.72. The molecule has 0 bridgehead atoms. The number of likely N-dealkylation sites (N-methyl/N-ethyl adjacent to an activating group) is 1. The highest BCUT2D eigenvalue weighted by Crippen LogP contribution is 2.39. The van der Waals surface area contributed by atoms with Crippen molar-refractivity contribution in [2.75, 3.05) is 32.1 Å². The first-order chi connectivity index (χ1) is 21.7. The lowest BCUT2D eigenvalue weighted by Crippen LogP contribution is -2.49. The summed E-state index contributed by atoms with van der Waals surface area (Å²) in [6, 6.07) is 4.46. The number of carbonyl (C=O) groups excluding carboxylic acids is 3. The number of nitrogens with zero attached hydrogens (tertiary/aromatic N) is 3. The summed E-state index contributed by atoms with van der Waals surface area (Å²) in [4.78, 5) is 42.9. The van der Waals surface area contributed by atoms with Crippen LogP contribution in [0.4, 0.5) is 41.2 Å². The lowest BCUT2D eigenvalue weighted by atomic mass is 9.85. The Hall–Kier alpha value is -3.88. The number of halogens is 7. The second kappa shape index (κ2) is 13.3. The van der Waals surface area contributed by atoms with E-state index in [1.54, 1.807) is 4.90 Å². The quantitative estimate of drug-likeness (QED) is 0.380. The van der Waals surface area contributed by atoms with E-state index in [1.165, 1.54) is 50.1 Å². The minimum absolute atomic E-state index is 0.0166. The average Bonchev–Trinajstić information content (AvgIpc) is 3.44. The van der Waals surface area contributed by atoms with Crippen LogP contribution < -0.4 is 10.2 Å². The second-order valence-corrected chi connectivity index (χ2v) is 12.8. The molecule has 1 saturated heterocycles. The Balaban J connectivity index is 1.55. The highest BCUT2D eigenvalue weighted by molar-refractivity contribution is 5.92. The van der Waals surface area contributed by atoms with Gasteiger partial charge in [-0.05, 0) is 75.4 Å². The number of rotatable bonds is 6. The van der Waals surface area contributed by atoms with Crippen molar-refractivity contribution in [2.45, 2.75) is 75.5 Å². The molecule has 47 heavy (non-hydrogen) atoms. The zero-order valence-electron chi connectivity index (χ0n) is 26.3. The summed E-state index contributed by atoms with van der Waals surface area (Å²) in [5, 5.41) is 12.7. The lowest BCUT2D eigenvalue weighted by Gasteiger charge is -2.33. The monoisotopic (exact) mass is 674 g/mol.